The second kappa shape index (κ2) is 9.58. The van der Waals surface area contributed by atoms with Crippen molar-refractivity contribution in [2.24, 2.45) is 0 Å². The standard InChI is InChI=1S/C26H21FN2O5/c1-16-7-9-17(10-8-16)15-34-22-12-11-18(14-23(22)33-2)13-19-24(30)28-26(32)29(25(19)31)21-6-4-3-5-20(21)27/h3-14H,15H2,1-2H3,(H,28,30,32)/b19-13-. The maximum atomic E-state index is 14.2. The van der Waals surface area contributed by atoms with Gasteiger partial charge in [-0.2, -0.15) is 0 Å². The molecular weight excluding hydrogens is 439 g/mol. The second-order valence-corrected chi connectivity index (χ2v) is 7.59. The zero-order valence-corrected chi connectivity index (χ0v) is 18.5. The quantitative estimate of drug-likeness (QED) is 0.436. The molecule has 0 aliphatic carbocycles. The summed E-state index contributed by atoms with van der Waals surface area (Å²) in [7, 11) is 1.47. The Morgan fingerprint density at radius 1 is 0.971 bits per heavy atom. The first kappa shape index (κ1) is 22.7. The molecule has 0 atom stereocenters. The Bertz CT molecular complexity index is 1300. The van der Waals surface area contributed by atoms with E-state index in [-0.39, 0.29) is 11.3 Å². The molecule has 0 spiro atoms. The molecule has 0 radical (unpaired) electrons. The van der Waals surface area contributed by atoms with E-state index in [0.717, 1.165) is 17.2 Å². The van der Waals surface area contributed by atoms with Crippen molar-refractivity contribution in [1.29, 1.82) is 0 Å². The Hall–Kier alpha value is -4.46. The second-order valence-electron chi connectivity index (χ2n) is 7.59. The first-order valence-corrected chi connectivity index (χ1v) is 10.4. The molecule has 1 saturated heterocycles. The number of para-hydroxylation sites is 1. The Morgan fingerprint density at radius 2 is 1.71 bits per heavy atom. The molecule has 1 fully saturated rings. The van der Waals surface area contributed by atoms with Crippen LogP contribution in [0, 0.1) is 12.7 Å². The lowest BCUT2D eigenvalue weighted by atomic mass is 10.1. The lowest BCUT2D eigenvalue weighted by Crippen LogP contribution is -2.54. The van der Waals surface area contributed by atoms with Gasteiger partial charge in [-0.25, -0.2) is 14.1 Å². The number of methoxy groups -OCH3 is 1. The van der Waals surface area contributed by atoms with Gasteiger partial charge < -0.3 is 9.47 Å². The Labute approximate surface area is 195 Å². The van der Waals surface area contributed by atoms with E-state index in [0.29, 0.717) is 28.6 Å². The number of carbonyl (C=O) groups is 3. The van der Waals surface area contributed by atoms with Crippen LogP contribution >= 0.6 is 0 Å². The largest absolute Gasteiger partial charge is 0.493 e. The summed E-state index contributed by atoms with van der Waals surface area (Å²) in [6.45, 7) is 2.33. The third-order valence-corrected chi connectivity index (χ3v) is 5.21. The number of imide groups is 2. The molecule has 8 heteroatoms. The number of aryl methyl sites for hydroxylation is 1. The van der Waals surface area contributed by atoms with E-state index < -0.39 is 23.7 Å². The van der Waals surface area contributed by atoms with Crippen LogP contribution in [-0.4, -0.2) is 25.0 Å². The van der Waals surface area contributed by atoms with Gasteiger partial charge >= 0.3 is 6.03 Å². The van der Waals surface area contributed by atoms with Crippen molar-refractivity contribution < 1.29 is 28.2 Å². The van der Waals surface area contributed by atoms with Gasteiger partial charge in [0.05, 0.1) is 12.8 Å². The molecular formula is C26H21FN2O5. The van der Waals surface area contributed by atoms with E-state index in [9.17, 15) is 18.8 Å². The molecule has 4 amide bonds. The van der Waals surface area contributed by atoms with Crippen molar-refractivity contribution in [3.8, 4) is 11.5 Å². The Kier molecular flexibility index (Phi) is 6.40. The number of anilines is 1. The van der Waals surface area contributed by atoms with Gasteiger partial charge in [-0.1, -0.05) is 48.0 Å². The number of hydrogen-bond donors (Lipinski definition) is 1. The van der Waals surface area contributed by atoms with E-state index in [1.165, 1.54) is 31.4 Å². The first-order valence-electron chi connectivity index (χ1n) is 10.4. The van der Waals surface area contributed by atoms with Crippen LogP contribution in [0.15, 0.2) is 72.3 Å². The number of nitrogens with zero attached hydrogens (tertiary/aromatic N) is 1. The molecule has 1 aliphatic heterocycles. The van der Waals surface area contributed by atoms with Crippen molar-refractivity contribution in [2.75, 3.05) is 12.0 Å². The number of benzene rings is 3. The van der Waals surface area contributed by atoms with Crippen LogP contribution in [0.4, 0.5) is 14.9 Å². The number of barbiturate groups is 1. The first-order chi connectivity index (χ1) is 16.4. The monoisotopic (exact) mass is 460 g/mol. The third-order valence-electron chi connectivity index (χ3n) is 5.21. The molecule has 1 N–H and O–H groups in total. The molecule has 0 saturated carbocycles. The number of ether oxygens (including phenoxy) is 2. The van der Waals surface area contributed by atoms with Crippen LogP contribution in [0.1, 0.15) is 16.7 Å². The third kappa shape index (κ3) is 4.66. The summed E-state index contributed by atoms with van der Waals surface area (Å²) in [5, 5.41) is 2.07. The molecule has 0 unspecified atom stereocenters. The number of rotatable bonds is 6. The van der Waals surface area contributed by atoms with E-state index in [4.69, 9.17) is 9.47 Å². The maximum Gasteiger partial charge on any atom is 0.336 e. The van der Waals surface area contributed by atoms with Crippen molar-refractivity contribution in [2.45, 2.75) is 13.5 Å². The van der Waals surface area contributed by atoms with Crippen LogP contribution in [0.5, 0.6) is 11.5 Å². The van der Waals surface area contributed by atoms with Gasteiger partial charge in [-0.3, -0.25) is 14.9 Å². The molecule has 0 aromatic heterocycles. The van der Waals surface area contributed by atoms with E-state index in [1.54, 1.807) is 18.2 Å². The molecule has 1 heterocycles. The average Bonchev–Trinajstić information content (AvgIpc) is 2.83. The minimum Gasteiger partial charge on any atom is -0.493 e. The van der Waals surface area contributed by atoms with Gasteiger partial charge in [0.25, 0.3) is 11.8 Å². The molecule has 3 aromatic carbocycles. The number of nitrogens with one attached hydrogen (secondary N) is 1. The zero-order valence-electron chi connectivity index (χ0n) is 18.5. The fourth-order valence-electron chi connectivity index (χ4n) is 3.41. The summed E-state index contributed by atoms with van der Waals surface area (Å²) in [5.74, 6) is -1.70. The highest BCUT2D eigenvalue weighted by Crippen LogP contribution is 2.31. The van der Waals surface area contributed by atoms with E-state index >= 15 is 0 Å². The topological polar surface area (TPSA) is 84.9 Å². The Balaban J connectivity index is 1.60. The van der Waals surface area contributed by atoms with Crippen LogP contribution in [-0.2, 0) is 16.2 Å². The minimum atomic E-state index is -1.02. The minimum absolute atomic E-state index is 0.249. The van der Waals surface area contributed by atoms with Crippen molar-refractivity contribution in [3.05, 3.63) is 94.8 Å². The molecule has 4 rings (SSSR count). The summed E-state index contributed by atoms with van der Waals surface area (Å²) in [6, 6.07) is 17.1. The van der Waals surface area contributed by atoms with E-state index in [1.807, 2.05) is 31.2 Å². The highest BCUT2D eigenvalue weighted by molar-refractivity contribution is 6.39. The molecule has 7 nitrogen and oxygen atoms in total. The fourth-order valence-corrected chi connectivity index (χ4v) is 3.41. The lowest BCUT2D eigenvalue weighted by molar-refractivity contribution is -0.122. The normalized spacial score (nSPS) is 14.9. The smallest absolute Gasteiger partial charge is 0.336 e. The molecule has 172 valence electrons. The summed E-state index contributed by atoms with van der Waals surface area (Å²) >= 11 is 0. The number of halogens is 1. The molecule has 0 bridgehead atoms. The fraction of sp³-hybridized carbons (Fsp3) is 0.115. The summed E-state index contributed by atoms with van der Waals surface area (Å²) in [5.41, 5.74) is 2.02. The van der Waals surface area contributed by atoms with Crippen molar-refractivity contribution in [1.82, 2.24) is 5.32 Å². The highest BCUT2D eigenvalue weighted by atomic mass is 19.1. The maximum absolute atomic E-state index is 14.2. The molecule has 34 heavy (non-hydrogen) atoms. The summed E-state index contributed by atoms with van der Waals surface area (Å²) in [4.78, 5) is 38.2. The Morgan fingerprint density at radius 3 is 2.41 bits per heavy atom. The molecule has 1 aliphatic rings. The van der Waals surface area contributed by atoms with Crippen molar-refractivity contribution in [3.63, 3.8) is 0 Å². The van der Waals surface area contributed by atoms with Gasteiger partial charge in [0.15, 0.2) is 11.5 Å². The number of amides is 4. The SMILES string of the molecule is COc1cc(/C=C2/C(=O)NC(=O)N(c3ccccc3F)C2=O)ccc1OCc1ccc(C)cc1. The number of carbonyl (C=O) groups excluding carboxylic acids is 3. The van der Waals surface area contributed by atoms with Gasteiger partial charge in [0, 0.05) is 0 Å². The van der Waals surface area contributed by atoms with Gasteiger partial charge in [0.1, 0.15) is 18.0 Å². The number of hydrogen-bond acceptors (Lipinski definition) is 5. The van der Waals surface area contributed by atoms with Crippen LogP contribution in [0.25, 0.3) is 6.08 Å². The summed E-state index contributed by atoms with van der Waals surface area (Å²) in [6.07, 6.45) is 1.31. The van der Waals surface area contributed by atoms with Crippen LogP contribution in [0.2, 0.25) is 0 Å². The summed E-state index contributed by atoms with van der Waals surface area (Å²) < 4.78 is 25.5. The van der Waals surface area contributed by atoms with Crippen molar-refractivity contribution >= 4 is 29.6 Å². The average molecular weight is 460 g/mol. The zero-order chi connectivity index (χ0) is 24.2. The lowest BCUT2D eigenvalue weighted by Gasteiger charge is -2.26. The van der Waals surface area contributed by atoms with Gasteiger partial charge in [0.2, 0.25) is 0 Å². The van der Waals surface area contributed by atoms with Gasteiger partial charge in [-0.15, -0.1) is 0 Å². The van der Waals surface area contributed by atoms with Crippen LogP contribution in [0.3, 0.4) is 0 Å². The van der Waals surface area contributed by atoms with Crippen LogP contribution < -0.4 is 19.7 Å². The molecule has 3 aromatic rings. The highest BCUT2D eigenvalue weighted by Gasteiger charge is 2.37. The van der Waals surface area contributed by atoms with Gasteiger partial charge in [-0.05, 0) is 48.4 Å². The predicted octanol–water partition coefficient (Wildman–Crippen LogP) is 4.39. The number of urea groups is 1. The van der Waals surface area contributed by atoms with E-state index in [2.05, 4.69) is 5.32 Å². The predicted molar refractivity (Wildman–Crippen MR) is 124 cm³/mol.